The molecule has 0 saturated carbocycles. The van der Waals surface area contributed by atoms with E-state index in [1.165, 1.54) is 0 Å². The van der Waals surface area contributed by atoms with Gasteiger partial charge in [0.2, 0.25) is 0 Å². The Morgan fingerprint density at radius 3 is 2.67 bits per heavy atom. The summed E-state index contributed by atoms with van der Waals surface area (Å²) in [6.07, 6.45) is 0. The number of aryl methyl sites for hydroxylation is 2. The predicted octanol–water partition coefficient (Wildman–Crippen LogP) is 3.26. The fraction of sp³-hybridized carbons (Fsp3) is 0.476. The fourth-order valence-electron chi connectivity index (χ4n) is 3.64. The Hall–Kier alpha value is -2.52. The Bertz CT molecular complexity index is 1030. The second kappa shape index (κ2) is 9.09. The molecule has 0 unspecified atom stereocenters. The number of thioether (sulfide) groups is 1. The number of aromatic nitrogens is 4. The predicted molar refractivity (Wildman–Crippen MR) is 120 cm³/mol. The van der Waals surface area contributed by atoms with E-state index in [1.807, 2.05) is 32.0 Å². The molecule has 8 nitrogen and oxygen atoms in total. The highest BCUT2D eigenvalue weighted by Crippen LogP contribution is 2.31. The molecule has 1 aromatic carbocycles. The average molecular weight is 429 g/mol. The molecule has 0 amide bonds. The largest absolute Gasteiger partial charge is 0.492 e. The minimum atomic E-state index is 0.598. The topological polar surface area (TPSA) is 91.3 Å². The van der Waals surface area contributed by atoms with Crippen molar-refractivity contribution in [2.24, 2.45) is 0 Å². The molecule has 0 atom stereocenters. The van der Waals surface area contributed by atoms with E-state index in [1.54, 1.807) is 11.8 Å². The Labute approximate surface area is 180 Å². The number of hydrogen-bond donors (Lipinski definition) is 1. The summed E-state index contributed by atoms with van der Waals surface area (Å²) in [6, 6.07) is 5.92. The molecule has 3 aromatic rings. The first-order valence-electron chi connectivity index (χ1n) is 10.3. The molecule has 1 aliphatic heterocycles. The summed E-state index contributed by atoms with van der Waals surface area (Å²) >= 11 is 1.61. The zero-order valence-electron chi connectivity index (χ0n) is 17.7. The maximum absolute atomic E-state index is 6.12. The highest BCUT2D eigenvalue weighted by molar-refractivity contribution is 7.98. The van der Waals surface area contributed by atoms with Crippen molar-refractivity contribution in [3.63, 3.8) is 0 Å². The van der Waals surface area contributed by atoms with Crippen LogP contribution in [0.4, 0.5) is 11.5 Å². The molecule has 1 saturated heterocycles. The van der Waals surface area contributed by atoms with Crippen LogP contribution in [0.3, 0.4) is 0 Å². The van der Waals surface area contributed by atoms with E-state index in [9.17, 15) is 0 Å². The number of imidazole rings is 1. The molecule has 3 heterocycles. The number of fused-ring (bicyclic) bond motifs is 1. The van der Waals surface area contributed by atoms with Crippen molar-refractivity contribution in [1.29, 1.82) is 0 Å². The summed E-state index contributed by atoms with van der Waals surface area (Å²) in [5.41, 5.74) is 9.63. The molecule has 0 bridgehead atoms. The number of nitrogens with two attached hydrogens (primary N) is 1. The van der Waals surface area contributed by atoms with Crippen LogP contribution in [-0.4, -0.2) is 52.4 Å². The third kappa shape index (κ3) is 4.17. The Morgan fingerprint density at radius 1 is 1.17 bits per heavy atom. The highest BCUT2D eigenvalue weighted by atomic mass is 32.2. The van der Waals surface area contributed by atoms with Gasteiger partial charge in [-0.05, 0) is 38.5 Å². The van der Waals surface area contributed by atoms with E-state index in [2.05, 4.69) is 16.4 Å². The number of rotatable bonds is 7. The Balaban J connectivity index is 1.64. The van der Waals surface area contributed by atoms with Gasteiger partial charge in [-0.3, -0.25) is 0 Å². The van der Waals surface area contributed by atoms with Gasteiger partial charge in [0.25, 0.3) is 0 Å². The zero-order valence-corrected chi connectivity index (χ0v) is 18.5. The van der Waals surface area contributed by atoms with Crippen LogP contribution in [0.2, 0.25) is 0 Å². The third-order valence-corrected chi connectivity index (χ3v) is 6.03. The van der Waals surface area contributed by atoms with Gasteiger partial charge in [0.1, 0.15) is 11.6 Å². The number of ether oxygens (including phenoxy) is 2. The minimum Gasteiger partial charge on any atom is -0.492 e. The van der Waals surface area contributed by atoms with Crippen molar-refractivity contribution in [3.05, 3.63) is 29.6 Å². The normalized spacial score (nSPS) is 14.4. The van der Waals surface area contributed by atoms with Gasteiger partial charge in [0.05, 0.1) is 25.5 Å². The van der Waals surface area contributed by atoms with Crippen LogP contribution in [0.25, 0.3) is 11.2 Å². The lowest BCUT2D eigenvalue weighted by Crippen LogP contribution is -2.37. The molecule has 4 rings (SSSR count). The first-order chi connectivity index (χ1) is 14.6. The minimum absolute atomic E-state index is 0.598. The molecule has 1 fully saturated rings. The van der Waals surface area contributed by atoms with Crippen LogP contribution in [0, 0.1) is 6.92 Å². The molecule has 30 heavy (non-hydrogen) atoms. The van der Waals surface area contributed by atoms with Crippen molar-refractivity contribution < 1.29 is 9.47 Å². The summed E-state index contributed by atoms with van der Waals surface area (Å²) in [6.45, 7) is 10.5. The number of nitrogens with zero attached hydrogens (tertiary/aromatic N) is 5. The lowest BCUT2D eigenvalue weighted by Gasteiger charge is -2.28. The SMILES string of the molecule is CCOc1ccc(CSc2nc(N3CCOCC3)c3nc(C)n(CC)c3n2)cc1N. The van der Waals surface area contributed by atoms with Gasteiger partial charge in [-0.25, -0.2) is 15.0 Å². The first-order valence-corrected chi connectivity index (χ1v) is 11.3. The first kappa shape index (κ1) is 20.7. The van der Waals surface area contributed by atoms with Crippen LogP contribution >= 0.6 is 11.8 Å². The molecule has 1 aliphatic rings. The second-order valence-corrected chi connectivity index (χ2v) is 8.04. The van der Waals surface area contributed by atoms with E-state index < -0.39 is 0 Å². The summed E-state index contributed by atoms with van der Waals surface area (Å²) in [5, 5.41) is 0.742. The third-order valence-electron chi connectivity index (χ3n) is 5.12. The van der Waals surface area contributed by atoms with E-state index in [-0.39, 0.29) is 0 Å². The monoisotopic (exact) mass is 428 g/mol. The fourth-order valence-corrected chi connectivity index (χ4v) is 4.41. The molecule has 0 spiro atoms. The van der Waals surface area contributed by atoms with Crippen LogP contribution in [-0.2, 0) is 17.0 Å². The van der Waals surface area contributed by atoms with E-state index in [0.29, 0.717) is 25.5 Å². The van der Waals surface area contributed by atoms with Gasteiger partial charge < -0.3 is 24.7 Å². The molecule has 0 radical (unpaired) electrons. The van der Waals surface area contributed by atoms with Gasteiger partial charge in [-0.2, -0.15) is 0 Å². The van der Waals surface area contributed by atoms with Gasteiger partial charge in [-0.1, -0.05) is 17.8 Å². The van der Waals surface area contributed by atoms with E-state index in [0.717, 1.165) is 64.7 Å². The smallest absolute Gasteiger partial charge is 0.191 e. The second-order valence-electron chi connectivity index (χ2n) is 7.10. The number of anilines is 2. The van der Waals surface area contributed by atoms with Gasteiger partial charge in [0, 0.05) is 25.4 Å². The molecule has 160 valence electrons. The summed E-state index contributed by atoms with van der Waals surface area (Å²) < 4.78 is 13.2. The number of hydrogen-bond acceptors (Lipinski definition) is 8. The van der Waals surface area contributed by atoms with Crippen LogP contribution < -0.4 is 15.4 Å². The molecular weight excluding hydrogens is 400 g/mol. The summed E-state index contributed by atoms with van der Waals surface area (Å²) in [5.74, 6) is 3.30. The van der Waals surface area contributed by atoms with Gasteiger partial charge >= 0.3 is 0 Å². The Kier molecular flexibility index (Phi) is 6.29. The molecule has 9 heteroatoms. The lowest BCUT2D eigenvalue weighted by molar-refractivity contribution is 0.122. The maximum atomic E-state index is 6.12. The van der Waals surface area contributed by atoms with Crippen molar-refractivity contribution in [2.75, 3.05) is 43.5 Å². The van der Waals surface area contributed by atoms with Crippen LogP contribution in [0.15, 0.2) is 23.4 Å². The number of benzene rings is 1. The average Bonchev–Trinajstić information content (AvgIpc) is 3.09. The molecule has 2 N–H and O–H groups in total. The number of morpholine rings is 1. The molecule has 0 aliphatic carbocycles. The van der Waals surface area contributed by atoms with Gasteiger partial charge in [0.15, 0.2) is 22.1 Å². The van der Waals surface area contributed by atoms with Crippen molar-refractivity contribution >= 4 is 34.4 Å². The van der Waals surface area contributed by atoms with Crippen molar-refractivity contribution in [1.82, 2.24) is 19.5 Å². The van der Waals surface area contributed by atoms with Crippen LogP contribution in [0.5, 0.6) is 5.75 Å². The molecule has 2 aromatic heterocycles. The highest BCUT2D eigenvalue weighted by Gasteiger charge is 2.21. The zero-order chi connectivity index (χ0) is 21.1. The van der Waals surface area contributed by atoms with Crippen molar-refractivity contribution in [3.8, 4) is 5.75 Å². The quantitative estimate of drug-likeness (QED) is 0.348. The summed E-state index contributed by atoms with van der Waals surface area (Å²) in [4.78, 5) is 16.8. The van der Waals surface area contributed by atoms with E-state index >= 15 is 0 Å². The van der Waals surface area contributed by atoms with Crippen molar-refractivity contribution in [2.45, 2.75) is 38.2 Å². The van der Waals surface area contributed by atoms with Crippen LogP contribution in [0.1, 0.15) is 25.2 Å². The lowest BCUT2D eigenvalue weighted by atomic mass is 10.2. The van der Waals surface area contributed by atoms with E-state index in [4.69, 9.17) is 30.2 Å². The standard InChI is InChI=1S/C21H28N6O2S/c1-4-27-14(3)23-18-19(26-8-10-28-11-9-26)24-21(25-20(18)27)30-13-15-6-7-17(29-5-2)16(22)12-15/h6-7,12H,4-5,8-11,13,22H2,1-3H3. The maximum Gasteiger partial charge on any atom is 0.191 e. The summed E-state index contributed by atoms with van der Waals surface area (Å²) in [7, 11) is 0. The van der Waals surface area contributed by atoms with Gasteiger partial charge in [-0.15, -0.1) is 0 Å². The number of nitrogen functional groups attached to an aromatic ring is 1. The Morgan fingerprint density at radius 2 is 1.97 bits per heavy atom. The molecular formula is C21H28N6O2S.